The molecule has 2 heterocycles. The van der Waals surface area contributed by atoms with E-state index in [1.54, 1.807) is 19.1 Å². The van der Waals surface area contributed by atoms with Gasteiger partial charge in [-0.2, -0.15) is 4.31 Å². The van der Waals surface area contributed by atoms with Crippen LogP contribution in [0.15, 0.2) is 41.4 Å². The molecule has 1 atom stereocenters. The van der Waals surface area contributed by atoms with Crippen LogP contribution in [0.2, 0.25) is 0 Å². The molecule has 1 aliphatic heterocycles. The summed E-state index contributed by atoms with van der Waals surface area (Å²) in [6.07, 6.45) is 1.96. The Morgan fingerprint density at radius 2 is 2.08 bits per heavy atom. The fraction of sp³-hybridized carbons (Fsp3) is 0.389. The highest BCUT2D eigenvalue weighted by Gasteiger charge is 2.35. The lowest BCUT2D eigenvalue weighted by Crippen LogP contribution is -2.40. The number of nitrogens with one attached hydrogen (secondary N) is 1. The van der Waals surface area contributed by atoms with E-state index >= 15 is 0 Å². The zero-order valence-electron chi connectivity index (χ0n) is 15.1. The minimum atomic E-state index is -3.80. The molecule has 7 nitrogen and oxygen atoms in total. The second kappa shape index (κ2) is 7.13. The first-order valence-electron chi connectivity index (χ1n) is 8.56. The fourth-order valence-corrected chi connectivity index (χ4v) is 5.03. The van der Waals surface area contributed by atoms with E-state index in [0.717, 1.165) is 5.69 Å². The summed E-state index contributed by atoms with van der Waals surface area (Å²) in [6.45, 7) is 6.38. The molecule has 1 aromatic carbocycles. The molecule has 0 fully saturated rings. The van der Waals surface area contributed by atoms with Crippen LogP contribution in [0, 0.1) is 0 Å². The SMILES string of the molecule is CCOc1ccc(NC(C)=O)cc1S(=O)(=O)N1CCn2cccc2C1C. The summed E-state index contributed by atoms with van der Waals surface area (Å²) in [4.78, 5) is 11.4. The van der Waals surface area contributed by atoms with Crippen molar-refractivity contribution in [3.8, 4) is 5.75 Å². The number of ether oxygens (including phenoxy) is 1. The first-order valence-corrected chi connectivity index (χ1v) is 10.00. The van der Waals surface area contributed by atoms with Crippen molar-refractivity contribution in [2.24, 2.45) is 0 Å². The van der Waals surface area contributed by atoms with Crippen molar-refractivity contribution in [1.29, 1.82) is 0 Å². The number of hydrogen-bond acceptors (Lipinski definition) is 4. The topological polar surface area (TPSA) is 80.6 Å². The van der Waals surface area contributed by atoms with Gasteiger partial charge in [0.15, 0.2) is 0 Å². The van der Waals surface area contributed by atoms with Crippen LogP contribution in [0.25, 0.3) is 0 Å². The smallest absolute Gasteiger partial charge is 0.247 e. The van der Waals surface area contributed by atoms with Crippen LogP contribution in [0.1, 0.15) is 32.5 Å². The van der Waals surface area contributed by atoms with Gasteiger partial charge < -0.3 is 14.6 Å². The Labute approximate surface area is 153 Å². The third-order valence-corrected chi connectivity index (χ3v) is 6.43. The Hall–Kier alpha value is -2.32. The van der Waals surface area contributed by atoms with Gasteiger partial charge in [0.25, 0.3) is 0 Å². The van der Waals surface area contributed by atoms with Gasteiger partial charge in [-0.15, -0.1) is 0 Å². The van der Waals surface area contributed by atoms with Gasteiger partial charge in [0.05, 0.1) is 12.6 Å². The summed E-state index contributed by atoms with van der Waals surface area (Å²) in [7, 11) is -3.80. The van der Waals surface area contributed by atoms with E-state index < -0.39 is 10.0 Å². The van der Waals surface area contributed by atoms with Crippen LogP contribution in [0.5, 0.6) is 5.75 Å². The monoisotopic (exact) mass is 377 g/mol. The van der Waals surface area contributed by atoms with E-state index in [0.29, 0.717) is 25.4 Å². The molecule has 0 bridgehead atoms. The van der Waals surface area contributed by atoms with Crippen molar-refractivity contribution in [2.45, 2.75) is 38.3 Å². The van der Waals surface area contributed by atoms with E-state index in [1.807, 2.05) is 25.3 Å². The number of benzene rings is 1. The number of carbonyl (C=O) groups is 1. The van der Waals surface area contributed by atoms with Crippen molar-refractivity contribution < 1.29 is 17.9 Å². The Kier molecular flexibility index (Phi) is 5.06. The van der Waals surface area contributed by atoms with Crippen LogP contribution in [-0.2, 0) is 21.4 Å². The molecule has 8 heteroatoms. The number of amides is 1. The highest BCUT2D eigenvalue weighted by molar-refractivity contribution is 7.89. The number of carbonyl (C=O) groups excluding carboxylic acids is 1. The Bertz CT molecular complexity index is 920. The summed E-state index contributed by atoms with van der Waals surface area (Å²) < 4.78 is 35.9. The molecule has 1 aromatic heterocycles. The number of aromatic nitrogens is 1. The molecule has 0 saturated carbocycles. The van der Waals surface area contributed by atoms with E-state index in [2.05, 4.69) is 9.88 Å². The lowest BCUT2D eigenvalue weighted by Gasteiger charge is -2.34. The van der Waals surface area contributed by atoms with Crippen LogP contribution in [0.4, 0.5) is 5.69 Å². The number of rotatable bonds is 5. The lowest BCUT2D eigenvalue weighted by molar-refractivity contribution is -0.114. The Morgan fingerprint density at radius 1 is 1.31 bits per heavy atom. The van der Waals surface area contributed by atoms with Gasteiger partial charge in [-0.3, -0.25) is 4.79 Å². The molecule has 1 N–H and O–H groups in total. The average Bonchev–Trinajstić information content (AvgIpc) is 3.05. The summed E-state index contributed by atoms with van der Waals surface area (Å²) in [5.41, 5.74) is 1.38. The van der Waals surface area contributed by atoms with Gasteiger partial charge in [0.1, 0.15) is 10.6 Å². The molecule has 0 saturated heterocycles. The molecule has 26 heavy (non-hydrogen) atoms. The summed E-state index contributed by atoms with van der Waals surface area (Å²) in [5, 5.41) is 2.63. The minimum Gasteiger partial charge on any atom is -0.492 e. The second-order valence-corrected chi connectivity index (χ2v) is 8.05. The highest BCUT2D eigenvalue weighted by atomic mass is 32.2. The van der Waals surface area contributed by atoms with Gasteiger partial charge in [0, 0.05) is 37.6 Å². The Morgan fingerprint density at radius 3 is 2.77 bits per heavy atom. The molecule has 0 spiro atoms. The van der Waals surface area contributed by atoms with E-state index in [9.17, 15) is 13.2 Å². The van der Waals surface area contributed by atoms with E-state index in [-0.39, 0.29) is 22.6 Å². The zero-order valence-corrected chi connectivity index (χ0v) is 15.9. The van der Waals surface area contributed by atoms with Gasteiger partial charge >= 0.3 is 0 Å². The molecular weight excluding hydrogens is 354 g/mol. The van der Waals surface area contributed by atoms with Crippen molar-refractivity contribution in [3.05, 3.63) is 42.2 Å². The van der Waals surface area contributed by atoms with Crippen molar-refractivity contribution in [2.75, 3.05) is 18.5 Å². The maximum absolute atomic E-state index is 13.4. The largest absolute Gasteiger partial charge is 0.492 e. The molecule has 0 aliphatic carbocycles. The molecule has 1 unspecified atom stereocenters. The van der Waals surface area contributed by atoms with Crippen LogP contribution in [0.3, 0.4) is 0 Å². The van der Waals surface area contributed by atoms with E-state index in [1.165, 1.54) is 17.3 Å². The average molecular weight is 377 g/mol. The van der Waals surface area contributed by atoms with Crippen LogP contribution < -0.4 is 10.1 Å². The number of anilines is 1. The molecule has 1 aliphatic rings. The van der Waals surface area contributed by atoms with Crippen molar-refractivity contribution >= 4 is 21.6 Å². The van der Waals surface area contributed by atoms with E-state index in [4.69, 9.17) is 4.74 Å². The van der Waals surface area contributed by atoms with Gasteiger partial charge in [0.2, 0.25) is 15.9 Å². The zero-order chi connectivity index (χ0) is 18.9. The molecular formula is C18H23N3O4S. The van der Waals surface area contributed by atoms with Crippen molar-refractivity contribution in [3.63, 3.8) is 0 Å². The Balaban J connectivity index is 2.04. The lowest BCUT2D eigenvalue weighted by atomic mass is 10.2. The third kappa shape index (κ3) is 3.34. The van der Waals surface area contributed by atoms with Gasteiger partial charge in [-0.1, -0.05) is 0 Å². The standard InChI is InChI=1S/C18H23N3O4S/c1-4-25-17-8-7-15(19-14(3)22)12-18(17)26(23,24)21-11-10-20-9-5-6-16(20)13(21)2/h5-9,12-13H,4,10-11H2,1-3H3,(H,19,22). The molecule has 3 rings (SSSR count). The fourth-order valence-electron chi connectivity index (χ4n) is 3.28. The predicted molar refractivity (Wildman–Crippen MR) is 98.7 cm³/mol. The maximum Gasteiger partial charge on any atom is 0.247 e. The molecule has 0 radical (unpaired) electrons. The summed E-state index contributed by atoms with van der Waals surface area (Å²) in [6, 6.07) is 8.24. The van der Waals surface area contributed by atoms with Gasteiger partial charge in [-0.05, 0) is 44.2 Å². The number of nitrogens with zero attached hydrogens (tertiary/aromatic N) is 2. The van der Waals surface area contributed by atoms with Crippen LogP contribution in [-0.4, -0.2) is 36.3 Å². The highest BCUT2D eigenvalue weighted by Crippen LogP contribution is 2.35. The predicted octanol–water partition coefficient (Wildman–Crippen LogP) is 2.61. The van der Waals surface area contributed by atoms with Crippen molar-refractivity contribution in [1.82, 2.24) is 8.87 Å². The second-order valence-electron chi connectivity index (χ2n) is 6.19. The molecule has 1 amide bonds. The van der Waals surface area contributed by atoms with Crippen LogP contribution >= 0.6 is 0 Å². The summed E-state index contributed by atoms with van der Waals surface area (Å²) in [5.74, 6) is 0.0245. The normalized spacial score (nSPS) is 17.6. The molecule has 2 aromatic rings. The maximum atomic E-state index is 13.4. The van der Waals surface area contributed by atoms with Gasteiger partial charge in [-0.25, -0.2) is 8.42 Å². The number of sulfonamides is 1. The third-order valence-electron chi connectivity index (χ3n) is 4.44. The number of fused-ring (bicyclic) bond motifs is 1. The quantitative estimate of drug-likeness (QED) is 0.868. The molecule has 140 valence electrons. The minimum absolute atomic E-state index is 0.0671. The summed E-state index contributed by atoms with van der Waals surface area (Å²) >= 11 is 0. The first kappa shape index (κ1) is 18.5. The number of hydrogen-bond donors (Lipinski definition) is 1. The first-order chi connectivity index (χ1) is 12.3.